The van der Waals surface area contributed by atoms with Crippen LogP contribution >= 0.6 is 11.8 Å². The van der Waals surface area contributed by atoms with Crippen molar-refractivity contribution in [3.8, 4) is 5.75 Å². The fourth-order valence-electron chi connectivity index (χ4n) is 2.48. The van der Waals surface area contributed by atoms with Crippen LogP contribution in [0.5, 0.6) is 5.75 Å². The molecule has 0 radical (unpaired) electrons. The SMILES string of the molecule is CCOc1ccccc1N=C1NC(=O)C(=CC(C)=Cc2ccccc2)S1. The first-order valence-corrected chi connectivity index (χ1v) is 9.22. The molecule has 1 heterocycles. The molecule has 0 bridgehead atoms. The molecular formula is C21H20N2O2S. The largest absolute Gasteiger partial charge is 0.492 e. The molecule has 5 heteroatoms. The second kappa shape index (κ2) is 8.54. The zero-order valence-electron chi connectivity index (χ0n) is 14.7. The molecule has 0 saturated carbocycles. The van der Waals surface area contributed by atoms with Gasteiger partial charge in [-0.05, 0) is 55.0 Å². The first-order valence-electron chi connectivity index (χ1n) is 8.40. The molecule has 1 N–H and O–H groups in total. The summed E-state index contributed by atoms with van der Waals surface area (Å²) in [6, 6.07) is 17.6. The predicted molar refractivity (Wildman–Crippen MR) is 109 cm³/mol. The van der Waals surface area contributed by atoms with Gasteiger partial charge in [0.25, 0.3) is 5.91 Å². The second-order valence-corrected chi connectivity index (χ2v) is 6.71. The molecule has 132 valence electrons. The Bertz CT molecular complexity index is 886. The molecule has 1 aliphatic heterocycles. The Morgan fingerprint density at radius 2 is 1.88 bits per heavy atom. The average molecular weight is 364 g/mol. The van der Waals surface area contributed by atoms with E-state index in [0.717, 1.165) is 11.1 Å². The Balaban J connectivity index is 1.79. The third kappa shape index (κ3) is 4.64. The molecule has 1 aliphatic rings. The molecule has 0 spiro atoms. The van der Waals surface area contributed by atoms with Crippen LogP contribution < -0.4 is 10.1 Å². The number of para-hydroxylation sites is 2. The summed E-state index contributed by atoms with van der Waals surface area (Å²) in [5.41, 5.74) is 2.81. The molecule has 4 nitrogen and oxygen atoms in total. The summed E-state index contributed by atoms with van der Waals surface area (Å²) in [4.78, 5) is 17.4. The lowest BCUT2D eigenvalue weighted by atomic mass is 10.1. The van der Waals surface area contributed by atoms with Gasteiger partial charge in [-0.2, -0.15) is 0 Å². The van der Waals surface area contributed by atoms with Crippen LogP contribution in [0.1, 0.15) is 19.4 Å². The Kier molecular flexibility index (Phi) is 5.92. The number of carbonyl (C=O) groups excluding carboxylic acids is 1. The quantitative estimate of drug-likeness (QED) is 0.766. The molecule has 0 aromatic heterocycles. The summed E-state index contributed by atoms with van der Waals surface area (Å²) in [5.74, 6) is 0.568. The van der Waals surface area contributed by atoms with Gasteiger partial charge in [-0.3, -0.25) is 4.79 Å². The first kappa shape index (κ1) is 18.0. The van der Waals surface area contributed by atoms with Crippen molar-refractivity contribution in [1.82, 2.24) is 5.32 Å². The van der Waals surface area contributed by atoms with Crippen LogP contribution in [0, 0.1) is 0 Å². The van der Waals surface area contributed by atoms with Crippen molar-refractivity contribution in [1.29, 1.82) is 0 Å². The molecule has 0 unspecified atom stereocenters. The van der Waals surface area contributed by atoms with E-state index >= 15 is 0 Å². The van der Waals surface area contributed by atoms with Crippen molar-refractivity contribution < 1.29 is 9.53 Å². The van der Waals surface area contributed by atoms with Crippen molar-refractivity contribution in [2.24, 2.45) is 4.99 Å². The molecule has 3 rings (SSSR count). The molecule has 2 aromatic carbocycles. The van der Waals surface area contributed by atoms with Gasteiger partial charge in [0.05, 0.1) is 11.5 Å². The van der Waals surface area contributed by atoms with Crippen LogP contribution in [0.25, 0.3) is 6.08 Å². The number of nitrogens with zero attached hydrogens (tertiary/aromatic N) is 1. The average Bonchev–Trinajstić information content (AvgIpc) is 2.97. The van der Waals surface area contributed by atoms with E-state index in [9.17, 15) is 4.79 Å². The minimum Gasteiger partial charge on any atom is -0.492 e. The molecule has 1 saturated heterocycles. The molecular weight excluding hydrogens is 344 g/mol. The van der Waals surface area contributed by atoms with E-state index in [1.54, 1.807) is 0 Å². The maximum Gasteiger partial charge on any atom is 0.264 e. The number of allylic oxidation sites excluding steroid dienone is 2. The fraction of sp³-hybridized carbons (Fsp3) is 0.143. The summed E-state index contributed by atoms with van der Waals surface area (Å²) in [5, 5.41) is 3.37. The molecule has 0 atom stereocenters. The van der Waals surface area contributed by atoms with E-state index in [4.69, 9.17) is 4.74 Å². The Morgan fingerprint density at radius 3 is 2.65 bits per heavy atom. The zero-order valence-corrected chi connectivity index (χ0v) is 15.5. The Hall–Kier alpha value is -2.79. The normalized spacial score (nSPS) is 17.6. The van der Waals surface area contributed by atoms with Gasteiger partial charge in [0, 0.05) is 0 Å². The van der Waals surface area contributed by atoms with Crippen LogP contribution in [-0.4, -0.2) is 17.7 Å². The van der Waals surface area contributed by atoms with Gasteiger partial charge in [0.15, 0.2) is 5.17 Å². The number of hydrogen-bond acceptors (Lipinski definition) is 4. The van der Waals surface area contributed by atoms with Gasteiger partial charge >= 0.3 is 0 Å². The van der Waals surface area contributed by atoms with E-state index < -0.39 is 0 Å². The summed E-state index contributed by atoms with van der Waals surface area (Å²) >= 11 is 1.33. The number of hydrogen-bond donors (Lipinski definition) is 1. The number of aliphatic imine (C=N–C) groups is 1. The van der Waals surface area contributed by atoms with Crippen molar-refractivity contribution in [2.45, 2.75) is 13.8 Å². The van der Waals surface area contributed by atoms with Crippen LogP contribution in [0.4, 0.5) is 5.69 Å². The zero-order chi connectivity index (χ0) is 18.4. The Labute approximate surface area is 157 Å². The minimum atomic E-state index is -0.136. The number of amidine groups is 1. The van der Waals surface area contributed by atoms with Gasteiger partial charge < -0.3 is 10.1 Å². The van der Waals surface area contributed by atoms with E-state index in [-0.39, 0.29) is 5.91 Å². The van der Waals surface area contributed by atoms with Gasteiger partial charge in [-0.1, -0.05) is 48.5 Å². The highest BCUT2D eigenvalue weighted by Gasteiger charge is 2.24. The molecule has 2 aromatic rings. The van der Waals surface area contributed by atoms with Gasteiger partial charge in [0.1, 0.15) is 11.4 Å². The van der Waals surface area contributed by atoms with Crippen LogP contribution in [0.15, 0.2) is 76.1 Å². The maximum absolute atomic E-state index is 12.2. The Morgan fingerprint density at radius 1 is 1.15 bits per heavy atom. The molecule has 26 heavy (non-hydrogen) atoms. The highest BCUT2D eigenvalue weighted by Crippen LogP contribution is 2.31. The minimum absolute atomic E-state index is 0.136. The highest BCUT2D eigenvalue weighted by molar-refractivity contribution is 8.18. The highest BCUT2D eigenvalue weighted by atomic mass is 32.2. The number of ether oxygens (including phenoxy) is 1. The van der Waals surface area contributed by atoms with Crippen molar-refractivity contribution in [3.05, 3.63) is 76.7 Å². The number of thioether (sulfide) groups is 1. The summed E-state index contributed by atoms with van der Waals surface area (Å²) in [6.45, 7) is 4.47. The van der Waals surface area contributed by atoms with Gasteiger partial charge in [0.2, 0.25) is 0 Å². The van der Waals surface area contributed by atoms with Crippen molar-refractivity contribution >= 4 is 34.6 Å². The van der Waals surface area contributed by atoms with E-state index in [1.165, 1.54) is 11.8 Å². The maximum atomic E-state index is 12.2. The van der Waals surface area contributed by atoms with Crippen molar-refractivity contribution in [3.63, 3.8) is 0 Å². The van der Waals surface area contributed by atoms with E-state index in [2.05, 4.69) is 10.3 Å². The fourth-order valence-corrected chi connectivity index (χ4v) is 3.36. The van der Waals surface area contributed by atoms with Crippen LogP contribution in [-0.2, 0) is 4.79 Å². The van der Waals surface area contributed by atoms with Crippen LogP contribution in [0.2, 0.25) is 0 Å². The number of rotatable bonds is 5. The monoisotopic (exact) mass is 364 g/mol. The molecule has 1 fully saturated rings. The predicted octanol–water partition coefficient (Wildman–Crippen LogP) is 4.92. The van der Waals surface area contributed by atoms with Gasteiger partial charge in [-0.15, -0.1) is 0 Å². The number of carbonyl (C=O) groups is 1. The number of amides is 1. The van der Waals surface area contributed by atoms with Crippen LogP contribution in [0.3, 0.4) is 0 Å². The first-order chi connectivity index (χ1) is 12.7. The lowest BCUT2D eigenvalue weighted by Crippen LogP contribution is -2.19. The smallest absolute Gasteiger partial charge is 0.264 e. The second-order valence-electron chi connectivity index (χ2n) is 5.68. The third-order valence-corrected chi connectivity index (χ3v) is 4.50. The number of benzene rings is 2. The summed E-state index contributed by atoms with van der Waals surface area (Å²) in [6.07, 6.45) is 3.92. The summed E-state index contributed by atoms with van der Waals surface area (Å²) < 4.78 is 5.58. The number of nitrogens with one attached hydrogen (secondary N) is 1. The molecule has 1 amide bonds. The lowest BCUT2D eigenvalue weighted by molar-refractivity contribution is -0.115. The van der Waals surface area contributed by atoms with E-state index in [0.29, 0.717) is 28.1 Å². The van der Waals surface area contributed by atoms with Gasteiger partial charge in [-0.25, -0.2) is 4.99 Å². The standard InChI is InChI=1S/C21H20N2O2S/c1-3-25-18-12-8-7-11-17(18)22-21-23-20(24)19(26-21)14-15(2)13-16-9-5-4-6-10-16/h4-14H,3H2,1-2H3,(H,22,23,24). The molecule has 0 aliphatic carbocycles. The topological polar surface area (TPSA) is 50.7 Å². The third-order valence-electron chi connectivity index (χ3n) is 3.59. The van der Waals surface area contributed by atoms with E-state index in [1.807, 2.05) is 80.6 Å². The summed E-state index contributed by atoms with van der Waals surface area (Å²) in [7, 11) is 0. The van der Waals surface area contributed by atoms with Crippen molar-refractivity contribution in [2.75, 3.05) is 6.61 Å². The lowest BCUT2D eigenvalue weighted by Gasteiger charge is -2.06.